The summed E-state index contributed by atoms with van der Waals surface area (Å²) in [5, 5.41) is 8.99. The monoisotopic (exact) mass is 368 g/mol. The number of hydrogen-bond acceptors (Lipinski definition) is 6. The van der Waals surface area contributed by atoms with Gasteiger partial charge in [-0.05, 0) is 44.9 Å². The van der Waals surface area contributed by atoms with Crippen molar-refractivity contribution in [2.75, 3.05) is 5.73 Å². The van der Waals surface area contributed by atoms with Crippen molar-refractivity contribution in [1.29, 1.82) is 0 Å². The van der Waals surface area contributed by atoms with Crippen LogP contribution in [0.4, 0.5) is 10.1 Å². The molecule has 2 aromatic heterocycles. The van der Waals surface area contributed by atoms with Gasteiger partial charge in [0.15, 0.2) is 0 Å². The van der Waals surface area contributed by atoms with Crippen LogP contribution in [-0.4, -0.2) is 10.2 Å². The van der Waals surface area contributed by atoms with E-state index < -0.39 is 5.82 Å². The zero-order valence-corrected chi connectivity index (χ0v) is 15.4. The number of benzene rings is 1. The van der Waals surface area contributed by atoms with Gasteiger partial charge in [0.25, 0.3) is 11.8 Å². The predicted molar refractivity (Wildman–Crippen MR) is 100 cm³/mol. The van der Waals surface area contributed by atoms with Crippen LogP contribution in [0.1, 0.15) is 27.2 Å². The number of allylic oxidation sites excluding steroid dienone is 2. The molecule has 0 radical (unpaired) electrons. The van der Waals surface area contributed by atoms with E-state index in [1.807, 2.05) is 6.92 Å². The van der Waals surface area contributed by atoms with Crippen molar-refractivity contribution in [3.63, 3.8) is 0 Å². The van der Waals surface area contributed by atoms with E-state index in [0.29, 0.717) is 10.6 Å². The van der Waals surface area contributed by atoms with Gasteiger partial charge in [0.1, 0.15) is 15.4 Å². The van der Waals surface area contributed by atoms with E-state index in [-0.39, 0.29) is 17.3 Å². The van der Waals surface area contributed by atoms with Gasteiger partial charge < -0.3 is 10.2 Å². The first kappa shape index (κ1) is 16.7. The van der Waals surface area contributed by atoms with E-state index in [1.54, 1.807) is 18.2 Å². The van der Waals surface area contributed by atoms with E-state index in [9.17, 15) is 4.39 Å². The Labute approximate surface area is 153 Å². The highest BCUT2D eigenvalue weighted by atomic mass is 32.1. The van der Waals surface area contributed by atoms with Gasteiger partial charge in [-0.3, -0.25) is 0 Å². The molecule has 0 unspecified atom stereocenters. The third kappa shape index (κ3) is 2.64. The molecule has 1 aliphatic rings. The van der Waals surface area contributed by atoms with Crippen LogP contribution in [0.3, 0.4) is 0 Å². The van der Waals surface area contributed by atoms with Crippen molar-refractivity contribution in [3.8, 4) is 22.2 Å². The number of aromatic nitrogens is 2. The molecule has 3 aromatic rings. The Kier molecular flexibility index (Phi) is 3.96. The molecule has 0 aliphatic carbocycles. The van der Waals surface area contributed by atoms with Crippen molar-refractivity contribution < 1.29 is 8.81 Å². The molecule has 0 amide bonds. The summed E-state index contributed by atoms with van der Waals surface area (Å²) < 4.78 is 20.5. The molecule has 3 heterocycles. The molecule has 0 bridgehead atoms. The van der Waals surface area contributed by atoms with Crippen LogP contribution >= 0.6 is 11.3 Å². The van der Waals surface area contributed by atoms with Crippen molar-refractivity contribution in [1.82, 2.24) is 10.2 Å². The van der Waals surface area contributed by atoms with Gasteiger partial charge in [0.05, 0.1) is 11.3 Å². The minimum Gasteiger partial charge on any atom is -0.415 e. The number of nitrogens with zero attached hydrogens (tertiary/aromatic N) is 3. The minimum absolute atomic E-state index is 0.130. The minimum atomic E-state index is -0.409. The molecule has 5 nitrogen and oxygen atoms in total. The number of fused-ring (bicyclic) bond motifs is 1. The van der Waals surface area contributed by atoms with Crippen LogP contribution in [0.5, 0.6) is 0 Å². The van der Waals surface area contributed by atoms with E-state index in [4.69, 9.17) is 15.1 Å². The summed E-state index contributed by atoms with van der Waals surface area (Å²) in [6.45, 7) is 6.13. The summed E-state index contributed by atoms with van der Waals surface area (Å²) in [5.41, 5.74) is 10.6. The molecule has 0 saturated carbocycles. The molecule has 7 heteroatoms. The first-order valence-electron chi connectivity index (χ1n) is 8.17. The number of halogens is 1. The summed E-state index contributed by atoms with van der Waals surface area (Å²) >= 11 is 1.41. The van der Waals surface area contributed by atoms with E-state index in [1.165, 1.54) is 23.0 Å². The number of rotatable bonds is 2. The lowest BCUT2D eigenvalue weighted by atomic mass is 10.1. The first-order valence-corrected chi connectivity index (χ1v) is 8.99. The van der Waals surface area contributed by atoms with Crippen LogP contribution < -0.4 is 15.6 Å². The molecule has 26 heavy (non-hydrogen) atoms. The van der Waals surface area contributed by atoms with Crippen molar-refractivity contribution >= 4 is 22.6 Å². The van der Waals surface area contributed by atoms with Gasteiger partial charge in [-0.25, -0.2) is 9.38 Å². The van der Waals surface area contributed by atoms with Crippen LogP contribution in [0, 0.1) is 5.82 Å². The quantitative estimate of drug-likeness (QED) is 0.749. The fraction of sp³-hybridized carbons (Fsp3) is 0.211. The lowest BCUT2D eigenvalue weighted by Gasteiger charge is -2.01. The zero-order chi connectivity index (χ0) is 18.4. The topological polar surface area (TPSA) is 77.3 Å². The van der Waals surface area contributed by atoms with Gasteiger partial charge in [-0.1, -0.05) is 17.7 Å². The number of thiophene rings is 1. The third-order valence-electron chi connectivity index (χ3n) is 4.49. The second-order valence-corrected chi connectivity index (χ2v) is 7.35. The Morgan fingerprint density at radius 1 is 1.08 bits per heavy atom. The average molecular weight is 368 g/mol. The van der Waals surface area contributed by atoms with Crippen molar-refractivity contribution in [2.45, 2.75) is 27.2 Å². The molecular formula is C19H17FN4OS. The van der Waals surface area contributed by atoms with E-state index in [2.05, 4.69) is 24.0 Å². The van der Waals surface area contributed by atoms with Crippen LogP contribution in [0.15, 0.2) is 44.9 Å². The summed E-state index contributed by atoms with van der Waals surface area (Å²) in [6.07, 6.45) is 0.826. The number of nitrogen functional groups attached to an aromatic ring is 1. The van der Waals surface area contributed by atoms with Gasteiger partial charge in [-0.15, -0.1) is 21.5 Å². The standard InChI is InChI=1S/C19H17FN4OS/c1-9-8-10(2)14-15(21)16(26-19(14)22-11(9)3)18-24-23-17(25-18)12-6-4-5-7-13(12)20/h4-7H,8,21H2,1-3H3. The number of nitrogens with two attached hydrogens (primary N) is 1. The first-order chi connectivity index (χ1) is 12.5. The Bertz CT molecular complexity index is 1170. The average Bonchev–Trinajstić information content (AvgIpc) is 3.17. The van der Waals surface area contributed by atoms with Gasteiger partial charge in [0.2, 0.25) is 0 Å². The SMILES string of the molecule is CC1=C(C)N=c2sc(-c3nnc(-c4ccccc4F)o3)c(N)c2=C(C)C1. The molecule has 0 fully saturated rings. The lowest BCUT2D eigenvalue weighted by molar-refractivity contribution is 0.572. The summed E-state index contributed by atoms with van der Waals surface area (Å²) in [7, 11) is 0. The molecule has 0 atom stereocenters. The largest absolute Gasteiger partial charge is 0.415 e. The fourth-order valence-corrected chi connectivity index (χ4v) is 4.15. The van der Waals surface area contributed by atoms with Crippen molar-refractivity contribution in [3.05, 3.63) is 51.2 Å². The summed E-state index contributed by atoms with van der Waals surface area (Å²) in [4.78, 5) is 5.37. The Balaban J connectivity index is 1.88. The van der Waals surface area contributed by atoms with Gasteiger partial charge >= 0.3 is 0 Å². The summed E-state index contributed by atoms with van der Waals surface area (Å²) in [5.74, 6) is -0.00103. The second kappa shape index (κ2) is 6.17. The van der Waals surface area contributed by atoms with E-state index in [0.717, 1.165) is 27.6 Å². The normalized spacial score (nSPS) is 14.2. The van der Waals surface area contributed by atoms with Gasteiger partial charge in [0, 0.05) is 10.9 Å². The van der Waals surface area contributed by atoms with E-state index >= 15 is 0 Å². The maximum Gasteiger partial charge on any atom is 0.260 e. The lowest BCUT2D eigenvalue weighted by Crippen LogP contribution is -2.23. The van der Waals surface area contributed by atoms with Gasteiger partial charge in [-0.2, -0.15) is 0 Å². The highest BCUT2D eigenvalue weighted by Crippen LogP contribution is 2.30. The van der Waals surface area contributed by atoms with Crippen LogP contribution in [0.25, 0.3) is 27.8 Å². The second-order valence-electron chi connectivity index (χ2n) is 6.35. The molecular weight excluding hydrogens is 351 g/mol. The molecule has 0 spiro atoms. The highest BCUT2D eigenvalue weighted by molar-refractivity contribution is 7.13. The fourth-order valence-electron chi connectivity index (χ4n) is 3.00. The number of anilines is 1. The molecule has 0 saturated heterocycles. The summed E-state index contributed by atoms with van der Waals surface area (Å²) in [6, 6.07) is 6.29. The Hall–Kier alpha value is -2.80. The predicted octanol–water partition coefficient (Wildman–Crippen LogP) is 3.67. The third-order valence-corrected chi connectivity index (χ3v) is 5.58. The Morgan fingerprint density at radius 2 is 1.81 bits per heavy atom. The molecule has 2 N–H and O–H groups in total. The van der Waals surface area contributed by atoms with Crippen LogP contribution in [-0.2, 0) is 0 Å². The zero-order valence-electron chi connectivity index (χ0n) is 14.6. The molecule has 1 aliphatic heterocycles. The molecule has 4 rings (SSSR count). The van der Waals surface area contributed by atoms with Crippen LogP contribution in [0.2, 0.25) is 0 Å². The van der Waals surface area contributed by atoms with Crippen molar-refractivity contribution in [2.24, 2.45) is 4.99 Å². The Morgan fingerprint density at radius 3 is 2.58 bits per heavy atom. The maximum atomic E-state index is 14.0. The maximum absolute atomic E-state index is 14.0. The molecule has 132 valence electrons. The smallest absolute Gasteiger partial charge is 0.260 e. The molecule has 1 aromatic carbocycles. The number of hydrogen-bond donors (Lipinski definition) is 1. The highest BCUT2D eigenvalue weighted by Gasteiger charge is 2.20.